The first-order chi connectivity index (χ1) is 28.0. The maximum atomic E-state index is 13.3. The Morgan fingerprint density at radius 3 is 1.31 bits per heavy atom. The van der Waals surface area contributed by atoms with Crippen LogP contribution in [0.2, 0.25) is 0 Å². The van der Waals surface area contributed by atoms with Crippen LogP contribution in [0.5, 0.6) is 0 Å². The SMILES string of the molecule is CC1CC(C(=O)NCCN)C[C@@H](O[C@H]2OC(CO)[C@@H](O)C(O)C2O[C@H]2OC(CO)[C@@H](O)C(O)C2O)C1O[C@H]1OC(CO)[C@@H](O)C(O)C1O[C@H]1OC(CO)[C@@H](O)C(O)C1O. The molecule has 24 atom stereocenters. The summed E-state index contributed by atoms with van der Waals surface area (Å²) >= 11 is 0. The summed E-state index contributed by atoms with van der Waals surface area (Å²) < 4.78 is 46.9. The number of aliphatic hydroxyl groups excluding tert-OH is 14. The molecule has 1 aliphatic carbocycles. The van der Waals surface area contributed by atoms with E-state index in [9.17, 15) is 76.3 Å². The molecule has 5 fully saturated rings. The highest BCUT2D eigenvalue weighted by Crippen LogP contribution is 2.40. The monoisotopic (exact) mass is 864 g/mol. The fourth-order valence-electron chi connectivity index (χ4n) is 7.99. The van der Waals surface area contributed by atoms with Gasteiger partial charge in [0.15, 0.2) is 25.2 Å². The maximum absolute atomic E-state index is 13.3. The van der Waals surface area contributed by atoms with E-state index in [4.69, 9.17) is 43.6 Å². The molecule has 1 amide bonds. The van der Waals surface area contributed by atoms with Gasteiger partial charge in [0.25, 0.3) is 0 Å². The standard InChI is InChI=1S/C34H60N2O23/c1-10-4-11(30(51)36-3-2-35)5-12(52-33-28(23(47)19(43)15(8-39)55-33)58-31-25(49)21(45)17(41)13(6-37)53-31)27(10)57-34-29(24(48)20(44)16(9-40)56-34)59-32-26(50)22(46)18(42)14(7-38)54-32/h10-29,31-34,37-50H,2-9,35H2,1H3,(H,36,51)/t10?,11?,12-,13?,14?,15?,16?,17-,18-,19-,20-,21?,22?,23?,24?,25?,26?,27?,28?,29?,31-,32-,33+,34-/m1/s1. The van der Waals surface area contributed by atoms with Crippen LogP contribution in [-0.2, 0) is 42.7 Å². The second-order valence-corrected chi connectivity index (χ2v) is 15.5. The van der Waals surface area contributed by atoms with Crippen molar-refractivity contribution in [3.63, 3.8) is 0 Å². The highest BCUT2D eigenvalue weighted by molar-refractivity contribution is 5.78. The molecule has 0 aromatic rings. The van der Waals surface area contributed by atoms with Crippen molar-refractivity contribution < 1.29 is 114 Å². The number of rotatable bonds is 15. The molecule has 1 saturated carbocycles. The minimum Gasteiger partial charge on any atom is -0.394 e. The lowest BCUT2D eigenvalue weighted by Gasteiger charge is -2.50. The number of ether oxygens (including phenoxy) is 8. The molecule has 5 aliphatic rings. The number of nitrogens with one attached hydrogen (secondary N) is 1. The molecule has 4 heterocycles. The van der Waals surface area contributed by atoms with Crippen molar-refractivity contribution in [1.82, 2.24) is 5.32 Å². The Labute approximate surface area is 337 Å². The maximum Gasteiger partial charge on any atom is 0.223 e. The van der Waals surface area contributed by atoms with Crippen molar-refractivity contribution in [2.45, 2.75) is 155 Å². The second-order valence-electron chi connectivity index (χ2n) is 15.5. The zero-order chi connectivity index (χ0) is 43.5. The van der Waals surface area contributed by atoms with E-state index in [-0.39, 0.29) is 25.9 Å². The van der Waals surface area contributed by atoms with Crippen LogP contribution in [0, 0.1) is 11.8 Å². The second kappa shape index (κ2) is 21.3. The van der Waals surface area contributed by atoms with E-state index in [1.165, 1.54) is 0 Å². The molecule has 25 nitrogen and oxygen atoms in total. The molecule has 0 aromatic heterocycles. The molecule has 4 aliphatic heterocycles. The summed E-state index contributed by atoms with van der Waals surface area (Å²) in [6, 6.07) is 0. The molecule has 17 N–H and O–H groups in total. The molecule has 59 heavy (non-hydrogen) atoms. The summed E-state index contributed by atoms with van der Waals surface area (Å²) in [5.41, 5.74) is 5.59. The highest BCUT2D eigenvalue weighted by Gasteiger charge is 2.55. The van der Waals surface area contributed by atoms with Crippen LogP contribution in [0.3, 0.4) is 0 Å². The Morgan fingerprint density at radius 1 is 0.525 bits per heavy atom. The summed E-state index contributed by atoms with van der Waals surface area (Å²) in [5, 5.41) is 149. The van der Waals surface area contributed by atoms with Gasteiger partial charge >= 0.3 is 0 Å². The highest BCUT2D eigenvalue weighted by atomic mass is 16.8. The molecule has 344 valence electrons. The number of hydrogen-bond donors (Lipinski definition) is 16. The molecule has 0 radical (unpaired) electrons. The zero-order valence-corrected chi connectivity index (χ0v) is 32.0. The summed E-state index contributed by atoms with van der Waals surface area (Å²) in [6.45, 7) is -1.47. The van der Waals surface area contributed by atoms with E-state index < -0.39 is 179 Å². The van der Waals surface area contributed by atoms with E-state index in [1.807, 2.05) is 0 Å². The van der Waals surface area contributed by atoms with Gasteiger partial charge < -0.3 is 120 Å². The van der Waals surface area contributed by atoms with Crippen LogP contribution in [-0.4, -0.2) is 252 Å². The lowest BCUT2D eigenvalue weighted by Crippen LogP contribution is -2.66. The molecule has 0 spiro atoms. The molecule has 25 heteroatoms. The average molecular weight is 865 g/mol. The molecular formula is C34H60N2O23. The third-order valence-electron chi connectivity index (χ3n) is 11.4. The van der Waals surface area contributed by atoms with Gasteiger partial charge in [-0.05, 0) is 18.8 Å². The van der Waals surface area contributed by atoms with Crippen molar-refractivity contribution in [3.05, 3.63) is 0 Å². The van der Waals surface area contributed by atoms with Crippen molar-refractivity contribution in [2.24, 2.45) is 17.6 Å². The van der Waals surface area contributed by atoms with Crippen LogP contribution in [0.4, 0.5) is 0 Å². The van der Waals surface area contributed by atoms with E-state index >= 15 is 0 Å². The smallest absolute Gasteiger partial charge is 0.223 e. The molecule has 5 rings (SSSR count). The number of hydrogen-bond acceptors (Lipinski definition) is 24. The summed E-state index contributed by atoms with van der Waals surface area (Å²) in [7, 11) is 0. The fourth-order valence-corrected chi connectivity index (χ4v) is 7.99. The molecule has 4 saturated heterocycles. The Hall–Kier alpha value is -1.45. The lowest BCUT2D eigenvalue weighted by molar-refractivity contribution is -0.389. The third kappa shape index (κ3) is 10.5. The first-order valence-electron chi connectivity index (χ1n) is 19.5. The average Bonchev–Trinajstić information content (AvgIpc) is 3.22. The molecule has 0 aromatic carbocycles. The van der Waals surface area contributed by atoms with Crippen molar-refractivity contribution in [1.29, 1.82) is 0 Å². The summed E-state index contributed by atoms with van der Waals surface area (Å²) in [6.07, 6.45) is -38.2. The predicted octanol–water partition coefficient (Wildman–Crippen LogP) is -9.87. The minimum atomic E-state index is -1.97. The van der Waals surface area contributed by atoms with E-state index in [1.54, 1.807) is 6.92 Å². The van der Waals surface area contributed by atoms with Crippen LogP contribution in [0.25, 0.3) is 0 Å². The number of amides is 1. The van der Waals surface area contributed by atoms with Gasteiger partial charge in [-0.25, -0.2) is 0 Å². The van der Waals surface area contributed by atoms with Crippen molar-refractivity contribution in [2.75, 3.05) is 39.5 Å². The van der Waals surface area contributed by atoms with Crippen LogP contribution in [0.1, 0.15) is 19.8 Å². The van der Waals surface area contributed by atoms with Crippen LogP contribution in [0.15, 0.2) is 0 Å². The minimum absolute atomic E-state index is 0.115. The van der Waals surface area contributed by atoms with Gasteiger partial charge in [0.1, 0.15) is 97.7 Å². The van der Waals surface area contributed by atoms with Gasteiger partial charge in [-0.15, -0.1) is 0 Å². The summed E-state index contributed by atoms with van der Waals surface area (Å²) in [4.78, 5) is 13.3. The van der Waals surface area contributed by atoms with E-state index in [0.29, 0.717) is 0 Å². The molecule has 15 unspecified atom stereocenters. The van der Waals surface area contributed by atoms with Gasteiger partial charge in [0.05, 0.1) is 38.6 Å². The Bertz CT molecular complexity index is 1310. The Balaban J connectivity index is 1.47. The van der Waals surface area contributed by atoms with Gasteiger partial charge in [0, 0.05) is 19.0 Å². The fraction of sp³-hybridized carbons (Fsp3) is 0.971. The molecule has 0 bridgehead atoms. The first kappa shape index (κ1) is 48.6. The number of aliphatic hydroxyl groups is 14. The van der Waals surface area contributed by atoms with Crippen LogP contribution >= 0.6 is 0 Å². The largest absolute Gasteiger partial charge is 0.394 e. The van der Waals surface area contributed by atoms with E-state index in [0.717, 1.165) is 0 Å². The van der Waals surface area contributed by atoms with Gasteiger partial charge in [-0.3, -0.25) is 4.79 Å². The first-order valence-corrected chi connectivity index (χ1v) is 19.5. The normalized spacial score (nSPS) is 49.7. The number of carbonyl (C=O) groups excluding carboxylic acids is 1. The third-order valence-corrected chi connectivity index (χ3v) is 11.4. The van der Waals surface area contributed by atoms with Crippen LogP contribution < -0.4 is 11.1 Å². The Kier molecular flexibility index (Phi) is 17.5. The van der Waals surface area contributed by atoms with E-state index in [2.05, 4.69) is 5.32 Å². The predicted molar refractivity (Wildman–Crippen MR) is 186 cm³/mol. The molecular weight excluding hydrogens is 804 g/mol. The van der Waals surface area contributed by atoms with Crippen molar-refractivity contribution >= 4 is 5.91 Å². The number of carbonyl (C=O) groups is 1. The summed E-state index contributed by atoms with van der Waals surface area (Å²) in [5.74, 6) is -1.92. The van der Waals surface area contributed by atoms with Crippen molar-refractivity contribution in [3.8, 4) is 0 Å². The van der Waals surface area contributed by atoms with Gasteiger partial charge in [0.2, 0.25) is 5.91 Å². The lowest BCUT2D eigenvalue weighted by atomic mass is 9.77. The Morgan fingerprint density at radius 2 is 0.898 bits per heavy atom. The van der Waals surface area contributed by atoms with Gasteiger partial charge in [-0.2, -0.15) is 0 Å². The zero-order valence-electron chi connectivity index (χ0n) is 32.0. The topological polar surface area (TPSA) is 412 Å². The number of nitrogens with two attached hydrogens (primary N) is 1. The van der Waals surface area contributed by atoms with Gasteiger partial charge in [-0.1, -0.05) is 6.92 Å². The quantitative estimate of drug-likeness (QED) is 0.0727.